The maximum Gasteiger partial charge on any atom is 0.282 e. The highest BCUT2D eigenvalue weighted by Crippen LogP contribution is 2.33. The van der Waals surface area contributed by atoms with E-state index in [1.807, 2.05) is 12.1 Å². The third-order valence-corrected chi connectivity index (χ3v) is 8.37. The molecular formula is C21H29N3O5S. The normalized spacial score (nSPS) is 25.1. The summed E-state index contributed by atoms with van der Waals surface area (Å²) < 4.78 is 48.3. The number of morpholine rings is 1. The molecule has 164 valence electrons. The van der Waals surface area contributed by atoms with Crippen LogP contribution in [0.5, 0.6) is 5.75 Å². The third-order valence-electron chi connectivity index (χ3n) is 6.34. The van der Waals surface area contributed by atoms with E-state index in [0.29, 0.717) is 58.3 Å². The summed E-state index contributed by atoms with van der Waals surface area (Å²) in [5.74, 6) is 0.875. The van der Waals surface area contributed by atoms with Gasteiger partial charge in [0.05, 0.1) is 31.4 Å². The Bertz CT molecular complexity index is 972. The van der Waals surface area contributed by atoms with E-state index in [-0.39, 0.29) is 6.10 Å². The summed E-state index contributed by atoms with van der Waals surface area (Å²) in [7, 11) is -3.41. The molecule has 4 heterocycles. The molecule has 0 saturated carbocycles. The van der Waals surface area contributed by atoms with Gasteiger partial charge in [0.15, 0.2) is 0 Å². The van der Waals surface area contributed by atoms with Crippen LogP contribution in [-0.2, 0) is 19.7 Å². The van der Waals surface area contributed by atoms with Crippen LogP contribution in [-0.4, -0.2) is 80.3 Å². The van der Waals surface area contributed by atoms with Crippen LogP contribution in [0.15, 0.2) is 30.5 Å². The molecule has 0 aliphatic carbocycles. The van der Waals surface area contributed by atoms with Crippen molar-refractivity contribution < 1.29 is 22.6 Å². The van der Waals surface area contributed by atoms with Crippen molar-refractivity contribution in [3.05, 3.63) is 30.5 Å². The fraction of sp³-hybridized carbons (Fsp3) is 0.619. The summed E-state index contributed by atoms with van der Waals surface area (Å²) in [6.45, 7) is 4.34. The van der Waals surface area contributed by atoms with E-state index in [4.69, 9.17) is 14.2 Å². The van der Waals surface area contributed by atoms with Gasteiger partial charge in [-0.25, -0.2) is 0 Å². The lowest BCUT2D eigenvalue weighted by Crippen LogP contribution is -2.51. The molecule has 5 rings (SSSR count). The maximum absolute atomic E-state index is 12.9. The first-order valence-electron chi connectivity index (χ1n) is 10.8. The van der Waals surface area contributed by atoms with E-state index in [2.05, 4.69) is 22.9 Å². The third kappa shape index (κ3) is 3.85. The van der Waals surface area contributed by atoms with Gasteiger partial charge < -0.3 is 18.8 Å². The molecule has 30 heavy (non-hydrogen) atoms. The molecule has 1 aromatic carbocycles. The van der Waals surface area contributed by atoms with Gasteiger partial charge in [0, 0.05) is 44.4 Å². The van der Waals surface area contributed by atoms with Gasteiger partial charge in [-0.3, -0.25) is 0 Å². The van der Waals surface area contributed by atoms with Crippen molar-refractivity contribution in [3.8, 4) is 5.75 Å². The Balaban J connectivity index is 1.25. The molecular weight excluding hydrogens is 406 g/mol. The highest BCUT2D eigenvalue weighted by atomic mass is 32.2. The first kappa shape index (κ1) is 20.3. The minimum Gasteiger partial charge on any atom is -0.490 e. The summed E-state index contributed by atoms with van der Waals surface area (Å²) in [4.78, 5) is 0. The van der Waals surface area contributed by atoms with Gasteiger partial charge in [-0.2, -0.15) is 17.0 Å². The van der Waals surface area contributed by atoms with Crippen molar-refractivity contribution in [2.24, 2.45) is 0 Å². The second-order valence-corrected chi connectivity index (χ2v) is 10.1. The number of nitrogens with zero attached hydrogens (tertiary/aromatic N) is 3. The molecule has 0 spiro atoms. The Kier molecular flexibility index (Phi) is 5.72. The van der Waals surface area contributed by atoms with E-state index in [0.717, 1.165) is 36.3 Å². The van der Waals surface area contributed by atoms with Gasteiger partial charge in [-0.1, -0.05) is 6.07 Å². The van der Waals surface area contributed by atoms with E-state index in [9.17, 15) is 8.42 Å². The molecule has 1 unspecified atom stereocenters. The van der Waals surface area contributed by atoms with Crippen LogP contribution in [0.25, 0.3) is 10.9 Å². The number of piperidine rings is 1. The lowest BCUT2D eigenvalue weighted by Gasteiger charge is -2.36. The second kappa shape index (κ2) is 8.47. The molecule has 3 fully saturated rings. The summed E-state index contributed by atoms with van der Waals surface area (Å²) in [6.07, 6.45) is 4.55. The lowest BCUT2D eigenvalue weighted by molar-refractivity contribution is 0.0677. The van der Waals surface area contributed by atoms with Gasteiger partial charge >= 0.3 is 0 Å². The Morgan fingerprint density at radius 1 is 0.900 bits per heavy atom. The zero-order valence-corrected chi connectivity index (χ0v) is 17.9. The number of aromatic nitrogens is 1. The monoisotopic (exact) mass is 435 g/mol. The summed E-state index contributed by atoms with van der Waals surface area (Å²) in [6, 6.07) is 8.65. The first-order valence-corrected chi connectivity index (χ1v) is 12.2. The molecule has 2 aromatic rings. The van der Waals surface area contributed by atoms with Crippen LogP contribution in [0.1, 0.15) is 25.3 Å². The molecule has 1 aromatic heterocycles. The van der Waals surface area contributed by atoms with Crippen LogP contribution in [0.3, 0.4) is 0 Å². The van der Waals surface area contributed by atoms with Gasteiger partial charge in [-0.05, 0) is 37.5 Å². The molecule has 3 aliphatic heterocycles. The topological polar surface area (TPSA) is 73.2 Å². The van der Waals surface area contributed by atoms with Crippen molar-refractivity contribution in [2.45, 2.75) is 31.4 Å². The number of hydrogen-bond acceptors (Lipinski definition) is 5. The molecule has 0 radical (unpaired) electrons. The van der Waals surface area contributed by atoms with Crippen LogP contribution in [0.2, 0.25) is 0 Å². The van der Waals surface area contributed by atoms with Crippen LogP contribution in [0.4, 0.5) is 0 Å². The number of fused-ring (bicyclic) bond motifs is 1. The van der Waals surface area contributed by atoms with Crippen molar-refractivity contribution >= 4 is 21.1 Å². The largest absolute Gasteiger partial charge is 0.490 e. The van der Waals surface area contributed by atoms with Gasteiger partial charge in [0.25, 0.3) is 10.2 Å². The summed E-state index contributed by atoms with van der Waals surface area (Å²) in [5.41, 5.74) is 1.16. The quantitative estimate of drug-likeness (QED) is 0.719. The standard InChI is InChI=1S/C21H29N3O5S/c25-30(26,23-11-14-27-15-12-23)22-8-4-18(5-9-22)29-21-3-1-2-20-19(21)6-10-24(20)17-7-13-28-16-17/h1-3,6,10,17-18H,4-5,7-9,11-16H2. The Morgan fingerprint density at radius 3 is 2.40 bits per heavy atom. The molecule has 8 nitrogen and oxygen atoms in total. The highest BCUT2D eigenvalue weighted by Gasteiger charge is 2.34. The van der Waals surface area contributed by atoms with Crippen LogP contribution < -0.4 is 4.74 Å². The van der Waals surface area contributed by atoms with E-state index in [1.54, 1.807) is 4.31 Å². The number of ether oxygens (including phenoxy) is 3. The number of rotatable bonds is 5. The SMILES string of the molecule is O=S(=O)(N1CCOCC1)N1CCC(Oc2cccc3c2ccn3C2CCOC2)CC1. The van der Waals surface area contributed by atoms with E-state index < -0.39 is 10.2 Å². The Hall–Kier alpha value is -1.65. The molecule has 0 amide bonds. The van der Waals surface area contributed by atoms with Gasteiger partial charge in [-0.15, -0.1) is 0 Å². The lowest BCUT2D eigenvalue weighted by atomic mass is 10.1. The predicted octanol–water partition coefficient (Wildman–Crippen LogP) is 2.02. The maximum atomic E-state index is 12.9. The molecule has 0 N–H and O–H groups in total. The molecule has 9 heteroatoms. The van der Waals surface area contributed by atoms with Crippen molar-refractivity contribution in [2.75, 3.05) is 52.6 Å². The average molecular weight is 436 g/mol. The minimum absolute atomic E-state index is 0.0184. The molecule has 3 saturated heterocycles. The van der Waals surface area contributed by atoms with E-state index >= 15 is 0 Å². The summed E-state index contributed by atoms with van der Waals surface area (Å²) in [5, 5.41) is 1.10. The van der Waals surface area contributed by atoms with Crippen LogP contribution >= 0.6 is 0 Å². The summed E-state index contributed by atoms with van der Waals surface area (Å²) >= 11 is 0. The first-order chi connectivity index (χ1) is 14.6. The predicted molar refractivity (Wildman–Crippen MR) is 113 cm³/mol. The Labute approximate surface area is 177 Å². The number of hydrogen-bond donors (Lipinski definition) is 0. The Morgan fingerprint density at radius 2 is 1.67 bits per heavy atom. The molecule has 3 aliphatic rings. The smallest absolute Gasteiger partial charge is 0.282 e. The zero-order chi connectivity index (χ0) is 20.6. The fourth-order valence-corrected chi connectivity index (χ4v) is 6.23. The number of benzene rings is 1. The average Bonchev–Trinajstić information content (AvgIpc) is 3.45. The highest BCUT2D eigenvalue weighted by molar-refractivity contribution is 7.86. The van der Waals surface area contributed by atoms with Crippen molar-refractivity contribution in [1.82, 2.24) is 13.2 Å². The molecule has 1 atom stereocenters. The van der Waals surface area contributed by atoms with Gasteiger partial charge in [0.1, 0.15) is 11.9 Å². The van der Waals surface area contributed by atoms with E-state index in [1.165, 1.54) is 4.31 Å². The molecule has 0 bridgehead atoms. The fourth-order valence-electron chi connectivity index (χ4n) is 4.62. The van der Waals surface area contributed by atoms with Crippen molar-refractivity contribution in [1.29, 1.82) is 0 Å². The van der Waals surface area contributed by atoms with Crippen molar-refractivity contribution in [3.63, 3.8) is 0 Å². The zero-order valence-electron chi connectivity index (χ0n) is 17.1. The second-order valence-electron chi connectivity index (χ2n) is 8.16. The van der Waals surface area contributed by atoms with Gasteiger partial charge in [0.2, 0.25) is 0 Å². The van der Waals surface area contributed by atoms with Crippen LogP contribution in [0, 0.1) is 0 Å². The minimum atomic E-state index is -3.41.